The fraction of sp³-hybridized carbons (Fsp3) is 0.400. The highest BCUT2D eigenvalue weighted by molar-refractivity contribution is 6.35. The number of benzene rings is 3. The molecule has 0 radical (unpaired) electrons. The Kier molecular flexibility index (Phi) is 8.29. The first kappa shape index (κ1) is 30.8. The van der Waals surface area contributed by atoms with Gasteiger partial charge < -0.3 is 28.8 Å². The van der Waals surface area contributed by atoms with E-state index in [9.17, 15) is 9.18 Å². The average Bonchev–Trinajstić information content (AvgIpc) is 3.61. The molecule has 242 valence electrons. The Balaban J connectivity index is 1.10. The zero-order chi connectivity index (χ0) is 32.0. The number of hydrogen-bond donors (Lipinski definition) is 1. The molecule has 11 heteroatoms. The Hall–Kier alpha value is -3.86. The third-order valence-electron chi connectivity index (χ3n) is 9.79. The number of nitrogens with zero attached hydrogens (tertiary/aromatic N) is 2. The zero-order valence-corrected chi connectivity index (χ0v) is 26.5. The van der Waals surface area contributed by atoms with Crippen LogP contribution in [0.25, 0.3) is 11.0 Å². The maximum atomic E-state index is 15.3. The number of halogens is 3. The molecule has 3 atom stereocenters. The summed E-state index contributed by atoms with van der Waals surface area (Å²) in [5, 5.41) is 4.36. The lowest BCUT2D eigenvalue weighted by Gasteiger charge is -2.48. The quantitative estimate of drug-likeness (QED) is 0.192. The number of furan rings is 1. The fourth-order valence-electron chi connectivity index (χ4n) is 7.21. The van der Waals surface area contributed by atoms with Gasteiger partial charge in [0.1, 0.15) is 12.2 Å². The Labute approximate surface area is 271 Å². The minimum Gasteiger partial charge on any atom is -0.485 e. The van der Waals surface area contributed by atoms with Gasteiger partial charge in [-0.25, -0.2) is 9.18 Å². The normalized spacial score (nSPS) is 22.3. The second-order valence-electron chi connectivity index (χ2n) is 12.2. The van der Waals surface area contributed by atoms with E-state index in [0.29, 0.717) is 35.6 Å². The molecule has 8 nitrogen and oxygen atoms in total. The predicted octanol–water partition coefficient (Wildman–Crippen LogP) is 7.10. The summed E-state index contributed by atoms with van der Waals surface area (Å²) in [5.41, 5.74) is 2.31. The Bertz CT molecular complexity index is 1760. The summed E-state index contributed by atoms with van der Waals surface area (Å²) in [4.78, 5) is 18.2. The summed E-state index contributed by atoms with van der Waals surface area (Å²) in [5.74, 6) is -0.612. The van der Waals surface area contributed by atoms with E-state index in [-0.39, 0.29) is 42.0 Å². The van der Waals surface area contributed by atoms with Gasteiger partial charge in [0.15, 0.2) is 11.6 Å². The number of para-hydroxylation sites is 3. The van der Waals surface area contributed by atoms with E-state index in [1.54, 1.807) is 18.2 Å². The molecule has 1 N–H and O–H groups in total. The SMILES string of the molecule is COC(=O)C1([C@H](C)N2CCC(c3cccc(F)c3OCc3ccc(Cl)c4cc(F)oc34)CC2)Nc2ccccc2N1C[C@@H]1CCO1. The average molecular weight is 652 g/mol. The lowest BCUT2D eigenvalue weighted by Crippen LogP contribution is -2.70. The summed E-state index contributed by atoms with van der Waals surface area (Å²) < 4.78 is 51.7. The first-order valence-corrected chi connectivity index (χ1v) is 16.0. The van der Waals surface area contributed by atoms with Crippen molar-refractivity contribution in [3.8, 4) is 5.75 Å². The van der Waals surface area contributed by atoms with Crippen molar-refractivity contribution < 1.29 is 32.2 Å². The minimum atomic E-state index is -1.15. The Morgan fingerprint density at radius 1 is 1.11 bits per heavy atom. The van der Waals surface area contributed by atoms with E-state index in [2.05, 4.69) is 22.0 Å². The molecular weight excluding hydrogens is 616 g/mol. The molecule has 3 aliphatic heterocycles. The highest BCUT2D eigenvalue weighted by Crippen LogP contribution is 2.45. The van der Waals surface area contributed by atoms with Crippen molar-refractivity contribution in [3.63, 3.8) is 0 Å². The number of hydrogen-bond acceptors (Lipinski definition) is 8. The summed E-state index contributed by atoms with van der Waals surface area (Å²) in [6, 6.07) is 16.5. The van der Waals surface area contributed by atoms with Gasteiger partial charge in [-0.05, 0) is 69.5 Å². The van der Waals surface area contributed by atoms with Crippen LogP contribution in [0.5, 0.6) is 5.75 Å². The van der Waals surface area contributed by atoms with Crippen LogP contribution in [-0.4, -0.2) is 62.0 Å². The van der Waals surface area contributed by atoms with E-state index in [4.69, 9.17) is 30.2 Å². The second kappa shape index (κ2) is 12.4. The van der Waals surface area contributed by atoms with Crippen molar-refractivity contribution in [2.24, 2.45) is 0 Å². The van der Waals surface area contributed by atoms with Gasteiger partial charge in [-0.1, -0.05) is 41.9 Å². The van der Waals surface area contributed by atoms with Crippen LogP contribution in [0.15, 0.2) is 65.1 Å². The molecule has 4 aromatic rings. The molecule has 4 heterocycles. The number of carbonyl (C=O) groups excluding carboxylic acids is 1. The molecule has 3 aliphatic rings. The van der Waals surface area contributed by atoms with E-state index >= 15 is 4.39 Å². The van der Waals surface area contributed by atoms with E-state index in [1.807, 2.05) is 30.3 Å². The summed E-state index contributed by atoms with van der Waals surface area (Å²) in [7, 11) is 1.43. The molecule has 0 bridgehead atoms. The van der Waals surface area contributed by atoms with E-state index < -0.39 is 17.5 Å². The van der Waals surface area contributed by atoms with E-state index in [0.717, 1.165) is 42.8 Å². The summed E-state index contributed by atoms with van der Waals surface area (Å²) >= 11 is 6.21. The molecule has 0 spiro atoms. The molecular formula is C35H36ClF2N3O5. The number of esters is 1. The molecule has 3 aromatic carbocycles. The van der Waals surface area contributed by atoms with Crippen LogP contribution < -0.4 is 15.0 Å². The molecule has 1 unspecified atom stereocenters. The maximum Gasteiger partial charge on any atom is 0.354 e. The van der Waals surface area contributed by atoms with Gasteiger partial charge in [0.25, 0.3) is 6.01 Å². The Morgan fingerprint density at radius 2 is 1.89 bits per heavy atom. The van der Waals surface area contributed by atoms with Crippen LogP contribution in [0.2, 0.25) is 5.02 Å². The van der Waals surface area contributed by atoms with Gasteiger partial charge in [0.05, 0.1) is 35.7 Å². The van der Waals surface area contributed by atoms with Crippen LogP contribution in [0.1, 0.15) is 43.2 Å². The lowest BCUT2D eigenvalue weighted by atomic mass is 9.86. The second-order valence-corrected chi connectivity index (χ2v) is 12.6. The van der Waals surface area contributed by atoms with Crippen molar-refractivity contribution in [2.45, 2.75) is 56.5 Å². The number of rotatable bonds is 9. The number of piperidine rings is 1. The van der Waals surface area contributed by atoms with Gasteiger partial charge in [-0.3, -0.25) is 4.90 Å². The zero-order valence-electron chi connectivity index (χ0n) is 25.7. The Morgan fingerprint density at radius 3 is 2.63 bits per heavy atom. The number of anilines is 2. The first-order valence-electron chi connectivity index (χ1n) is 15.7. The number of carbonyl (C=O) groups is 1. The van der Waals surface area contributed by atoms with Gasteiger partial charge in [-0.15, -0.1) is 0 Å². The predicted molar refractivity (Wildman–Crippen MR) is 171 cm³/mol. The minimum absolute atomic E-state index is 0.0150. The first-order chi connectivity index (χ1) is 22.3. The van der Waals surface area contributed by atoms with Crippen molar-refractivity contribution >= 4 is 39.9 Å². The number of likely N-dealkylation sites (tertiary alicyclic amines) is 1. The number of nitrogens with one attached hydrogen (secondary N) is 1. The topological polar surface area (TPSA) is 76.4 Å². The van der Waals surface area contributed by atoms with Crippen LogP contribution in [0.4, 0.5) is 20.2 Å². The van der Waals surface area contributed by atoms with Gasteiger partial charge >= 0.3 is 5.97 Å². The van der Waals surface area contributed by atoms with Gasteiger partial charge in [0.2, 0.25) is 5.66 Å². The maximum absolute atomic E-state index is 15.3. The molecule has 1 aromatic heterocycles. The fourth-order valence-corrected chi connectivity index (χ4v) is 7.41. The summed E-state index contributed by atoms with van der Waals surface area (Å²) in [6.45, 7) is 4.68. The largest absolute Gasteiger partial charge is 0.485 e. The number of fused-ring (bicyclic) bond motifs is 2. The highest BCUT2D eigenvalue weighted by Gasteiger charge is 2.57. The molecule has 0 saturated carbocycles. The standard InChI is InChI=1S/C35H36ClF2N3O5/c1-21(35(34(42)43-2)39-29-8-3-4-9-30(29)41(35)19-24-14-17-44-24)40-15-12-22(13-16-40)25-6-5-7-28(37)33(25)45-20-23-10-11-27(36)26-18-31(38)46-32(23)26/h3-11,18,21-22,24,39H,12-17,19-20H2,1-2H3/t21-,24-,35?/m0/s1. The van der Waals surface area contributed by atoms with Crippen molar-refractivity contribution in [2.75, 3.05) is 43.6 Å². The molecule has 2 fully saturated rings. The van der Waals surface area contributed by atoms with Crippen LogP contribution in [-0.2, 0) is 20.9 Å². The third kappa shape index (κ3) is 5.26. The van der Waals surface area contributed by atoms with Crippen molar-refractivity contribution in [1.82, 2.24) is 4.90 Å². The van der Waals surface area contributed by atoms with Crippen LogP contribution in [0.3, 0.4) is 0 Å². The number of ether oxygens (including phenoxy) is 3. The lowest BCUT2D eigenvalue weighted by molar-refractivity contribution is -0.149. The number of methoxy groups -OCH3 is 1. The molecule has 46 heavy (non-hydrogen) atoms. The summed E-state index contributed by atoms with van der Waals surface area (Å²) in [6.07, 6.45) is 2.44. The van der Waals surface area contributed by atoms with Crippen molar-refractivity contribution in [1.29, 1.82) is 0 Å². The molecule has 0 aliphatic carbocycles. The molecule has 7 rings (SSSR count). The van der Waals surface area contributed by atoms with E-state index in [1.165, 1.54) is 19.2 Å². The smallest absolute Gasteiger partial charge is 0.354 e. The van der Waals surface area contributed by atoms with Crippen LogP contribution in [0, 0.1) is 11.8 Å². The van der Waals surface area contributed by atoms with Crippen LogP contribution >= 0.6 is 11.6 Å². The highest BCUT2D eigenvalue weighted by atomic mass is 35.5. The molecule has 0 amide bonds. The monoisotopic (exact) mass is 651 g/mol. The molecule has 2 saturated heterocycles. The van der Waals surface area contributed by atoms with Crippen molar-refractivity contribution in [3.05, 3.63) is 88.6 Å². The van der Waals surface area contributed by atoms with Gasteiger partial charge in [0, 0.05) is 35.7 Å². The van der Waals surface area contributed by atoms with Gasteiger partial charge in [-0.2, -0.15) is 4.39 Å². The third-order valence-corrected chi connectivity index (χ3v) is 10.1.